The van der Waals surface area contributed by atoms with Crippen molar-refractivity contribution in [3.05, 3.63) is 28.1 Å². The van der Waals surface area contributed by atoms with E-state index in [1.54, 1.807) is 6.07 Å². The minimum Gasteiger partial charge on any atom is -0.504 e. The topological polar surface area (TPSA) is 49.7 Å². The van der Waals surface area contributed by atoms with E-state index < -0.39 is 0 Å². The normalized spacial score (nSPS) is 9.30. The number of hydrogen-bond donors (Lipinski definition) is 1. The molecule has 0 aliphatic rings. The van der Waals surface area contributed by atoms with Crippen LogP contribution in [0.5, 0.6) is 5.75 Å². The summed E-state index contributed by atoms with van der Waals surface area (Å²) >= 11 is 5.44. The van der Waals surface area contributed by atoms with Gasteiger partial charge in [0.2, 0.25) is 0 Å². The lowest BCUT2D eigenvalue weighted by atomic mass is 10.3. The number of rotatable bonds is 1. The number of benzene rings is 1. The van der Waals surface area contributed by atoms with Crippen molar-refractivity contribution in [1.29, 1.82) is 0 Å². The first-order valence-corrected chi connectivity index (χ1v) is 2.94. The van der Waals surface area contributed by atoms with Crippen LogP contribution in [-0.2, 0) is 0 Å². The molecule has 1 aromatic rings. The van der Waals surface area contributed by atoms with E-state index >= 15 is 0 Å². The first-order chi connectivity index (χ1) is 4.75. The Bertz CT molecular complexity index is 262. The Morgan fingerprint density at radius 2 is 2.20 bits per heavy atom. The SMILES string of the molecule is O=Nc1cccc(Cl)c1O. The van der Waals surface area contributed by atoms with Crippen LogP contribution in [0.3, 0.4) is 0 Å². The van der Waals surface area contributed by atoms with Crippen LogP contribution in [0, 0.1) is 4.91 Å². The second-order valence-electron chi connectivity index (χ2n) is 1.70. The van der Waals surface area contributed by atoms with Gasteiger partial charge < -0.3 is 5.11 Å². The van der Waals surface area contributed by atoms with Gasteiger partial charge in [-0.3, -0.25) is 0 Å². The van der Waals surface area contributed by atoms with Gasteiger partial charge >= 0.3 is 0 Å². The number of nitrogens with zero attached hydrogens (tertiary/aromatic N) is 1. The van der Waals surface area contributed by atoms with Crippen molar-refractivity contribution in [3.63, 3.8) is 0 Å². The molecule has 1 N–H and O–H groups in total. The van der Waals surface area contributed by atoms with Crippen molar-refractivity contribution in [3.8, 4) is 5.75 Å². The molecule has 0 fully saturated rings. The summed E-state index contributed by atoms with van der Waals surface area (Å²) in [5, 5.41) is 11.7. The molecule has 1 aromatic carbocycles. The van der Waals surface area contributed by atoms with Crippen LogP contribution in [0.1, 0.15) is 0 Å². The largest absolute Gasteiger partial charge is 0.504 e. The molecule has 0 saturated heterocycles. The molecule has 52 valence electrons. The van der Waals surface area contributed by atoms with Crippen molar-refractivity contribution in [1.82, 2.24) is 0 Å². The van der Waals surface area contributed by atoms with Crippen molar-refractivity contribution >= 4 is 17.3 Å². The Labute approximate surface area is 62.2 Å². The maximum atomic E-state index is 9.91. The molecular formula is C6H4ClNO2. The van der Waals surface area contributed by atoms with Crippen molar-refractivity contribution in [2.45, 2.75) is 0 Å². The molecule has 0 aliphatic heterocycles. The summed E-state index contributed by atoms with van der Waals surface area (Å²) in [6, 6.07) is 4.40. The Balaban J connectivity index is 3.27. The fourth-order valence-electron chi connectivity index (χ4n) is 0.578. The van der Waals surface area contributed by atoms with E-state index in [1.165, 1.54) is 12.1 Å². The zero-order chi connectivity index (χ0) is 7.56. The summed E-state index contributed by atoms with van der Waals surface area (Å²) < 4.78 is 0. The summed E-state index contributed by atoms with van der Waals surface area (Å²) in [6.45, 7) is 0. The van der Waals surface area contributed by atoms with Crippen LogP contribution in [0.25, 0.3) is 0 Å². The molecule has 10 heavy (non-hydrogen) atoms. The van der Waals surface area contributed by atoms with Crippen LogP contribution in [-0.4, -0.2) is 5.11 Å². The van der Waals surface area contributed by atoms with E-state index in [4.69, 9.17) is 16.7 Å². The Morgan fingerprint density at radius 3 is 2.70 bits per heavy atom. The third-order valence-electron chi connectivity index (χ3n) is 1.06. The molecule has 0 unspecified atom stereocenters. The molecule has 0 spiro atoms. The Hall–Kier alpha value is -1.09. The summed E-state index contributed by atoms with van der Waals surface area (Å²) in [6.07, 6.45) is 0. The summed E-state index contributed by atoms with van der Waals surface area (Å²) in [5.74, 6) is -0.265. The van der Waals surface area contributed by atoms with Gasteiger partial charge in [0.15, 0.2) is 11.4 Å². The molecule has 0 atom stereocenters. The zero-order valence-corrected chi connectivity index (χ0v) is 5.67. The van der Waals surface area contributed by atoms with Gasteiger partial charge in [-0.15, -0.1) is 4.91 Å². The molecule has 1 rings (SSSR count). The third kappa shape index (κ3) is 1.09. The van der Waals surface area contributed by atoms with Gasteiger partial charge in [-0.25, -0.2) is 0 Å². The predicted octanol–water partition coefficient (Wildman–Crippen LogP) is 2.44. The highest BCUT2D eigenvalue weighted by atomic mass is 35.5. The van der Waals surface area contributed by atoms with Crippen LogP contribution < -0.4 is 0 Å². The number of phenolic OH excluding ortho intramolecular Hbond substituents is 1. The number of nitroso groups, excluding NO2 is 1. The van der Waals surface area contributed by atoms with E-state index in [9.17, 15) is 4.91 Å². The van der Waals surface area contributed by atoms with E-state index in [-0.39, 0.29) is 16.5 Å². The van der Waals surface area contributed by atoms with Gasteiger partial charge in [-0.1, -0.05) is 17.7 Å². The maximum absolute atomic E-state index is 9.91. The number of halogens is 1. The van der Waals surface area contributed by atoms with Gasteiger partial charge in [-0.2, -0.15) is 0 Å². The molecule has 4 heteroatoms. The van der Waals surface area contributed by atoms with E-state index in [2.05, 4.69) is 5.18 Å². The molecule has 3 nitrogen and oxygen atoms in total. The number of hydrogen-bond acceptors (Lipinski definition) is 3. The minimum atomic E-state index is -0.265. The highest BCUT2D eigenvalue weighted by molar-refractivity contribution is 6.32. The highest BCUT2D eigenvalue weighted by Crippen LogP contribution is 2.32. The molecular weight excluding hydrogens is 154 g/mol. The van der Waals surface area contributed by atoms with Gasteiger partial charge in [0.05, 0.1) is 5.02 Å². The average Bonchev–Trinajstić information content (AvgIpc) is 1.95. The number of aromatic hydroxyl groups is 1. The first kappa shape index (κ1) is 7.02. The molecule has 0 bridgehead atoms. The second kappa shape index (κ2) is 2.66. The Morgan fingerprint density at radius 1 is 1.50 bits per heavy atom. The molecule has 0 radical (unpaired) electrons. The van der Waals surface area contributed by atoms with Crippen LogP contribution in [0.4, 0.5) is 5.69 Å². The zero-order valence-electron chi connectivity index (χ0n) is 4.91. The van der Waals surface area contributed by atoms with E-state index in [1.807, 2.05) is 0 Å². The summed E-state index contributed by atoms with van der Waals surface area (Å²) in [5.41, 5.74) is -0.0347. The lowest BCUT2D eigenvalue weighted by Crippen LogP contribution is -1.67. The lowest BCUT2D eigenvalue weighted by Gasteiger charge is -1.95. The smallest absolute Gasteiger partial charge is 0.163 e. The van der Waals surface area contributed by atoms with E-state index in [0.29, 0.717) is 0 Å². The second-order valence-corrected chi connectivity index (χ2v) is 2.11. The Kier molecular flexibility index (Phi) is 1.87. The summed E-state index contributed by atoms with van der Waals surface area (Å²) in [4.78, 5) is 9.91. The van der Waals surface area contributed by atoms with Crippen LogP contribution >= 0.6 is 11.6 Å². The maximum Gasteiger partial charge on any atom is 0.163 e. The molecule has 0 saturated carbocycles. The molecule has 0 aliphatic carbocycles. The standard InChI is InChI=1S/C6H4ClNO2/c7-4-2-1-3-5(8-10)6(4)9/h1-3,9H. The van der Waals surface area contributed by atoms with Gasteiger partial charge in [0.25, 0.3) is 0 Å². The quantitative estimate of drug-likeness (QED) is 0.637. The highest BCUT2D eigenvalue weighted by Gasteiger charge is 2.03. The van der Waals surface area contributed by atoms with Crippen molar-refractivity contribution in [2.75, 3.05) is 0 Å². The fourth-order valence-corrected chi connectivity index (χ4v) is 0.747. The molecule has 0 amide bonds. The monoisotopic (exact) mass is 157 g/mol. The van der Waals surface area contributed by atoms with E-state index in [0.717, 1.165) is 0 Å². The minimum absolute atomic E-state index is 0.0347. The lowest BCUT2D eigenvalue weighted by molar-refractivity contribution is 0.477. The van der Waals surface area contributed by atoms with Crippen LogP contribution in [0.15, 0.2) is 23.4 Å². The fraction of sp³-hybridized carbons (Fsp3) is 0. The molecule has 0 heterocycles. The third-order valence-corrected chi connectivity index (χ3v) is 1.37. The van der Waals surface area contributed by atoms with Gasteiger partial charge in [0, 0.05) is 0 Å². The molecule has 0 aromatic heterocycles. The first-order valence-electron chi connectivity index (χ1n) is 2.56. The predicted molar refractivity (Wildman–Crippen MR) is 38.6 cm³/mol. The number of para-hydroxylation sites is 1. The van der Waals surface area contributed by atoms with Gasteiger partial charge in [0.1, 0.15) is 0 Å². The van der Waals surface area contributed by atoms with Crippen LogP contribution in [0.2, 0.25) is 5.02 Å². The average molecular weight is 158 g/mol. The van der Waals surface area contributed by atoms with Crippen molar-refractivity contribution in [2.24, 2.45) is 5.18 Å². The van der Waals surface area contributed by atoms with Gasteiger partial charge in [-0.05, 0) is 17.3 Å². The van der Waals surface area contributed by atoms with Crippen molar-refractivity contribution < 1.29 is 5.11 Å². The number of phenols is 1. The summed E-state index contributed by atoms with van der Waals surface area (Å²) in [7, 11) is 0.